The van der Waals surface area contributed by atoms with Crippen molar-refractivity contribution in [1.29, 1.82) is 0 Å². The Morgan fingerprint density at radius 2 is 1.57 bits per heavy atom. The Morgan fingerprint density at radius 3 is 2.14 bits per heavy atom. The topological polar surface area (TPSA) is 9.23 Å². The minimum Gasteiger partial charge on any atom is -0.434 e. The quantitative estimate of drug-likeness (QED) is 0.412. The van der Waals surface area contributed by atoms with Gasteiger partial charge in [0.05, 0.1) is 5.76 Å². The lowest BCUT2D eigenvalue weighted by Gasteiger charge is -2.26. The maximum Gasteiger partial charge on any atom is 0.429 e. The minimum atomic E-state index is -4.09. The fraction of sp³-hybridized carbons (Fsp3) is 0.300. The van der Waals surface area contributed by atoms with Crippen molar-refractivity contribution in [3.05, 3.63) is 81.9 Å². The van der Waals surface area contributed by atoms with Crippen molar-refractivity contribution < 1.29 is 35.5 Å². The molecule has 1 atom stereocenters. The second-order valence-corrected chi connectivity index (χ2v) is 6.62. The lowest BCUT2D eigenvalue weighted by molar-refractivity contribution is -0.228. The number of aryl methyl sites for hydroxylation is 1. The number of allylic oxidation sites excluding steroid dienone is 2. The number of benzene rings is 2. The normalized spacial score (nSPS) is 17.4. The molecular formula is C20H15F7O. The first-order chi connectivity index (χ1) is 13.1. The summed E-state index contributed by atoms with van der Waals surface area (Å²) < 4.78 is 100. The van der Waals surface area contributed by atoms with Crippen molar-refractivity contribution >= 4 is 0 Å². The van der Waals surface area contributed by atoms with Gasteiger partial charge >= 0.3 is 6.11 Å². The molecule has 0 aliphatic heterocycles. The van der Waals surface area contributed by atoms with Crippen molar-refractivity contribution in [3.8, 4) is 0 Å². The zero-order valence-electron chi connectivity index (χ0n) is 14.6. The third-order valence-corrected chi connectivity index (χ3v) is 4.70. The molecule has 0 spiro atoms. The molecule has 1 aliphatic rings. The molecule has 0 saturated carbocycles. The Kier molecular flexibility index (Phi) is 5.41. The van der Waals surface area contributed by atoms with E-state index in [0.29, 0.717) is 0 Å². The largest absolute Gasteiger partial charge is 0.434 e. The van der Waals surface area contributed by atoms with Crippen molar-refractivity contribution in [1.82, 2.24) is 0 Å². The van der Waals surface area contributed by atoms with E-state index < -0.39 is 46.7 Å². The van der Waals surface area contributed by atoms with Crippen molar-refractivity contribution in [2.24, 2.45) is 0 Å². The van der Waals surface area contributed by atoms with Crippen LogP contribution in [0.2, 0.25) is 0 Å². The average molecular weight is 404 g/mol. The smallest absolute Gasteiger partial charge is 0.429 e. The number of ether oxygens (including phenoxy) is 1. The van der Waals surface area contributed by atoms with E-state index in [1.807, 2.05) is 0 Å². The van der Waals surface area contributed by atoms with E-state index in [4.69, 9.17) is 0 Å². The van der Waals surface area contributed by atoms with Crippen LogP contribution in [0.15, 0.2) is 36.1 Å². The third-order valence-electron chi connectivity index (χ3n) is 4.70. The van der Waals surface area contributed by atoms with Gasteiger partial charge in [-0.05, 0) is 61.1 Å². The van der Waals surface area contributed by atoms with Crippen LogP contribution in [0.3, 0.4) is 0 Å². The summed E-state index contributed by atoms with van der Waals surface area (Å²) in [7, 11) is 0. The summed E-state index contributed by atoms with van der Waals surface area (Å²) in [6.45, 7) is 1.24. The zero-order valence-corrected chi connectivity index (χ0v) is 14.6. The van der Waals surface area contributed by atoms with E-state index >= 15 is 0 Å². The predicted molar refractivity (Wildman–Crippen MR) is 87.1 cm³/mol. The molecule has 2 aromatic carbocycles. The van der Waals surface area contributed by atoms with Gasteiger partial charge in [-0.2, -0.15) is 8.78 Å². The Balaban J connectivity index is 1.76. The van der Waals surface area contributed by atoms with Gasteiger partial charge in [-0.25, -0.2) is 22.0 Å². The van der Waals surface area contributed by atoms with Gasteiger partial charge in [0, 0.05) is 6.42 Å². The van der Waals surface area contributed by atoms with Crippen LogP contribution >= 0.6 is 0 Å². The van der Waals surface area contributed by atoms with E-state index in [9.17, 15) is 30.7 Å². The summed E-state index contributed by atoms with van der Waals surface area (Å²) in [5.74, 6) is -7.86. The molecule has 1 aliphatic carbocycles. The van der Waals surface area contributed by atoms with Gasteiger partial charge in [0.2, 0.25) is 0 Å². The summed E-state index contributed by atoms with van der Waals surface area (Å²) in [6, 6.07) is 3.50. The van der Waals surface area contributed by atoms with Gasteiger partial charge < -0.3 is 4.74 Å². The molecule has 0 amide bonds. The van der Waals surface area contributed by atoms with Crippen LogP contribution in [-0.2, 0) is 10.8 Å². The molecule has 0 heterocycles. The van der Waals surface area contributed by atoms with E-state index in [2.05, 4.69) is 4.74 Å². The molecule has 0 fully saturated rings. The maximum absolute atomic E-state index is 14.3. The summed E-state index contributed by atoms with van der Waals surface area (Å²) >= 11 is 0. The maximum atomic E-state index is 14.3. The summed E-state index contributed by atoms with van der Waals surface area (Å²) in [6.07, 6.45) is -2.50. The second-order valence-electron chi connectivity index (χ2n) is 6.62. The Morgan fingerprint density at radius 1 is 0.929 bits per heavy atom. The zero-order chi connectivity index (χ0) is 20.6. The molecule has 1 unspecified atom stereocenters. The highest BCUT2D eigenvalue weighted by atomic mass is 19.3. The van der Waals surface area contributed by atoms with Gasteiger partial charge in [-0.3, -0.25) is 0 Å². The molecule has 0 aromatic heterocycles. The van der Waals surface area contributed by atoms with E-state index in [1.54, 1.807) is 0 Å². The number of alkyl halides is 2. The van der Waals surface area contributed by atoms with Gasteiger partial charge in [0.15, 0.2) is 29.1 Å². The highest BCUT2D eigenvalue weighted by Crippen LogP contribution is 2.39. The summed E-state index contributed by atoms with van der Waals surface area (Å²) in [5, 5.41) is 0. The van der Waals surface area contributed by atoms with E-state index in [-0.39, 0.29) is 36.1 Å². The van der Waals surface area contributed by atoms with Crippen molar-refractivity contribution in [2.45, 2.75) is 38.2 Å². The molecule has 0 N–H and O–H groups in total. The molecule has 3 rings (SSSR count). The first kappa shape index (κ1) is 20.2. The van der Waals surface area contributed by atoms with Crippen LogP contribution in [-0.4, -0.2) is 0 Å². The fourth-order valence-corrected chi connectivity index (χ4v) is 3.11. The monoisotopic (exact) mass is 404 g/mol. The molecule has 28 heavy (non-hydrogen) atoms. The molecular weight excluding hydrogens is 389 g/mol. The second kappa shape index (κ2) is 7.48. The molecule has 0 radical (unpaired) electrons. The van der Waals surface area contributed by atoms with Crippen LogP contribution in [0, 0.1) is 36.0 Å². The van der Waals surface area contributed by atoms with Crippen LogP contribution in [0.1, 0.15) is 41.9 Å². The molecule has 1 nitrogen and oxygen atoms in total. The van der Waals surface area contributed by atoms with E-state index in [1.165, 1.54) is 13.0 Å². The Labute approximate surface area is 156 Å². The summed E-state index contributed by atoms with van der Waals surface area (Å²) in [5.41, 5.74) is -1.14. The van der Waals surface area contributed by atoms with Crippen LogP contribution < -0.4 is 0 Å². The Bertz CT molecular complexity index is 913. The van der Waals surface area contributed by atoms with Crippen LogP contribution in [0.4, 0.5) is 30.7 Å². The van der Waals surface area contributed by atoms with Gasteiger partial charge in [0.1, 0.15) is 5.56 Å². The molecule has 8 heteroatoms. The molecule has 2 aromatic rings. The van der Waals surface area contributed by atoms with Gasteiger partial charge in [-0.15, -0.1) is 0 Å². The number of halogens is 7. The predicted octanol–water partition coefficient (Wildman–Crippen LogP) is 6.61. The van der Waals surface area contributed by atoms with Crippen molar-refractivity contribution in [3.63, 3.8) is 0 Å². The van der Waals surface area contributed by atoms with E-state index in [0.717, 1.165) is 24.3 Å². The highest BCUT2D eigenvalue weighted by molar-refractivity contribution is 5.28. The first-order valence-corrected chi connectivity index (χ1v) is 8.45. The van der Waals surface area contributed by atoms with Gasteiger partial charge in [-0.1, -0.05) is 6.07 Å². The van der Waals surface area contributed by atoms with Crippen molar-refractivity contribution in [2.75, 3.05) is 0 Å². The third kappa shape index (κ3) is 3.86. The fourth-order valence-electron chi connectivity index (χ4n) is 3.11. The minimum absolute atomic E-state index is 0.0170. The Hall–Kier alpha value is -2.51. The standard InChI is InChI=1S/C20H15F7O/c1-10-2-7-14(18(24)17(10)23)20(26,27)28-13-5-3-11(4-6-13)12-8-15(21)19(25)16(22)9-12/h2,5,7-9,11H,3-4,6H2,1H3. The highest BCUT2D eigenvalue weighted by Gasteiger charge is 2.40. The molecule has 150 valence electrons. The SMILES string of the molecule is Cc1ccc(C(F)(F)OC2=CCC(c3cc(F)c(F)c(F)c3)CC2)c(F)c1F. The summed E-state index contributed by atoms with van der Waals surface area (Å²) in [4.78, 5) is 0. The number of hydrogen-bond donors (Lipinski definition) is 0. The van der Waals surface area contributed by atoms with Gasteiger partial charge in [0.25, 0.3) is 0 Å². The number of hydrogen-bond acceptors (Lipinski definition) is 1. The average Bonchev–Trinajstić information content (AvgIpc) is 2.64. The lowest BCUT2D eigenvalue weighted by Crippen LogP contribution is -2.22. The van der Waals surface area contributed by atoms with Crippen LogP contribution in [0.5, 0.6) is 0 Å². The van der Waals surface area contributed by atoms with Crippen LogP contribution in [0.25, 0.3) is 0 Å². The number of rotatable bonds is 4. The first-order valence-electron chi connectivity index (χ1n) is 8.45. The lowest BCUT2D eigenvalue weighted by atomic mass is 9.87. The molecule has 0 saturated heterocycles. The molecule has 0 bridgehead atoms.